The minimum Gasteiger partial charge on any atom is -0.394 e. The lowest BCUT2D eigenvalue weighted by atomic mass is 10.0. The number of benzene rings is 1. The molecule has 10 nitrogen and oxygen atoms in total. The van der Waals surface area contributed by atoms with Crippen molar-refractivity contribution in [1.29, 1.82) is 0 Å². The lowest BCUT2D eigenvalue weighted by Gasteiger charge is -2.36. The van der Waals surface area contributed by atoms with Crippen molar-refractivity contribution in [3.63, 3.8) is 0 Å². The Labute approximate surface area is 155 Å². The lowest BCUT2D eigenvalue weighted by Crippen LogP contribution is -2.56. The first-order valence-corrected chi connectivity index (χ1v) is 8.42. The van der Waals surface area contributed by atoms with Gasteiger partial charge in [-0.2, -0.15) is 0 Å². The lowest BCUT2D eigenvalue weighted by molar-refractivity contribution is -0.117. The van der Waals surface area contributed by atoms with E-state index in [4.69, 9.17) is 5.11 Å². The first-order valence-electron chi connectivity index (χ1n) is 8.42. The molecule has 2 aliphatic rings. The van der Waals surface area contributed by atoms with Gasteiger partial charge in [-0.25, -0.2) is 9.98 Å². The van der Waals surface area contributed by atoms with Crippen LogP contribution in [0.4, 0.5) is 11.4 Å². The molecule has 0 saturated heterocycles. The minimum atomic E-state index is -1.62. The number of hydrogen-bond donors (Lipinski definition) is 6. The molecule has 4 atom stereocenters. The van der Waals surface area contributed by atoms with Crippen molar-refractivity contribution in [2.75, 3.05) is 18.1 Å². The smallest absolute Gasteiger partial charge is 0.277 e. The molecule has 0 saturated carbocycles. The highest BCUT2D eigenvalue weighted by molar-refractivity contribution is 6.70. The number of fused-ring (bicyclic) bond motifs is 2. The molecule has 1 aromatic rings. The van der Waals surface area contributed by atoms with Crippen LogP contribution in [0.25, 0.3) is 0 Å². The van der Waals surface area contributed by atoms with Gasteiger partial charge in [0.15, 0.2) is 11.5 Å². The fourth-order valence-corrected chi connectivity index (χ4v) is 2.97. The zero-order valence-electron chi connectivity index (χ0n) is 14.9. The number of hydrogen-bond acceptors (Lipinski definition) is 9. The van der Waals surface area contributed by atoms with Crippen molar-refractivity contribution in [2.24, 2.45) is 9.98 Å². The number of nitrogens with one attached hydrogen (secondary N) is 1. The Kier molecular flexibility index (Phi) is 5.27. The maximum atomic E-state index is 12.2. The number of carbonyl (C=O) groups excluding carboxylic acids is 1. The summed E-state index contributed by atoms with van der Waals surface area (Å²) >= 11 is 0. The average Bonchev–Trinajstić information content (AvgIpc) is 2.62. The number of amides is 1. The maximum absolute atomic E-state index is 12.2. The van der Waals surface area contributed by atoms with Crippen molar-refractivity contribution in [3.8, 4) is 0 Å². The fraction of sp³-hybridized carbons (Fsp3) is 0.471. The average molecular weight is 378 g/mol. The molecule has 1 aromatic carbocycles. The summed E-state index contributed by atoms with van der Waals surface area (Å²) in [4.78, 5) is 22.0. The van der Waals surface area contributed by atoms with Crippen molar-refractivity contribution in [3.05, 3.63) is 23.3 Å². The van der Waals surface area contributed by atoms with Gasteiger partial charge in [-0.05, 0) is 37.1 Å². The molecule has 2 aliphatic heterocycles. The first kappa shape index (κ1) is 19.4. The highest BCUT2D eigenvalue weighted by Gasteiger charge is 2.37. The van der Waals surface area contributed by atoms with E-state index < -0.39 is 37.2 Å². The Bertz CT molecular complexity index is 824. The zero-order chi connectivity index (χ0) is 19.9. The number of aryl methyl sites for hydroxylation is 2. The molecule has 2 heterocycles. The normalized spacial score (nSPS) is 22.1. The van der Waals surface area contributed by atoms with E-state index >= 15 is 0 Å². The maximum Gasteiger partial charge on any atom is 0.277 e. The van der Waals surface area contributed by atoms with Gasteiger partial charge in [-0.15, -0.1) is 0 Å². The summed E-state index contributed by atoms with van der Waals surface area (Å²) in [5, 5.41) is 50.9. The monoisotopic (exact) mass is 378 g/mol. The third kappa shape index (κ3) is 3.57. The molecule has 0 spiro atoms. The first-order chi connectivity index (χ1) is 12.7. The Morgan fingerprint density at radius 3 is 2.52 bits per heavy atom. The largest absolute Gasteiger partial charge is 0.394 e. The van der Waals surface area contributed by atoms with Gasteiger partial charge in [0.2, 0.25) is 6.35 Å². The number of aliphatic hydroxyl groups excluding tert-OH is 5. The minimum absolute atomic E-state index is 0.0274. The molecule has 4 unspecified atom stereocenters. The Balaban J connectivity index is 2.06. The van der Waals surface area contributed by atoms with Crippen LogP contribution in [-0.2, 0) is 4.79 Å². The van der Waals surface area contributed by atoms with E-state index in [9.17, 15) is 25.2 Å². The van der Waals surface area contributed by atoms with Crippen LogP contribution in [0.5, 0.6) is 0 Å². The third-order valence-corrected chi connectivity index (χ3v) is 4.65. The molecular formula is C17H22N4O6. The predicted molar refractivity (Wildman–Crippen MR) is 97.0 cm³/mol. The van der Waals surface area contributed by atoms with Gasteiger partial charge in [0.05, 0.1) is 24.5 Å². The SMILES string of the molecule is Cc1cc2c(cc1C)N(CC(O)C(O)C(O)CO)C1=NC(O)NC(=O)C1=N2. The van der Waals surface area contributed by atoms with Crippen LogP contribution >= 0.6 is 0 Å². The number of rotatable bonds is 5. The zero-order valence-corrected chi connectivity index (χ0v) is 14.9. The molecule has 0 radical (unpaired) electrons. The van der Waals surface area contributed by atoms with E-state index in [1.54, 1.807) is 12.1 Å². The van der Waals surface area contributed by atoms with Gasteiger partial charge in [0, 0.05) is 0 Å². The summed E-state index contributed by atoms with van der Waals surface area (Å²) in [6.45, 7) is 2.82. The second kappa shape index (κ2) is 7.33. The van der Waals surface area contributed by atoms with Crippen LogP contribution < -0.4 is 10.2 Å². The molecule has 6 N–H and O–H groups in total. The Hall–Kier alpha value is -2.37. The Morgan fingerprint density at radius 2 is 1.85 bits per heavy atom. The second-order valence-corrected chi connectivity index (χ2v) is 6.60. The second-order valence-electron chi connectivity index (χ2n) is 6.60. The summed E-state index contributed by atoms with van der Waals surface area (Å²) in [6, 6.07) is 3.58. The topological polar surface area (TPSA) is 158 Å². The highest BCUT2D eigenvalue weighted by Crippen LogP contribution is 2.36. The van der Waals surface area contributed by atoms with Gasteiger partial charge in [-0.3, -0.25) is 4.79 Å². The number of anilines is 1. The fourth-order valence-electron chi connectivity index (χ4n) is 2.97. The molecule has 27 heavy (non-hydrogen) atoms. The van der Waals surface area contributed by atoms with Crippen LogP contribution in [0.2, 0.25) is 0 Å². The molecule has 0 fully saturated rings. The molecule has 10 heteroatoms. The standard InChI is InChI=1S/C17H22N4O6/c1-7-3-9-10(4-8(7)2)21(5-11(23)14(25)12(24)6-22)15-13(18-9)16(26)20-17(27)19-15/h3-4,11-12,14,17,22-25,27H,5-6H2,1-2H3,(H,20,26). The molecule has 1 amide bonds. The van der Waals surface area contributed by atoms with E-state index in [2.05, 4.69) is 15.3 Å². The van der Waals surface area contributed by atoms with Gasteiger partial charge < -0.3 is 35.7 Å². The molecule has 0 bridgehead atoms. The number of carbonyl (C=O) groups is 1. The van der Waals surface area contributed by atoms with Gasteiger partial charge in [0.1, 0.15) is 18.3 Å². The van der Waals surface area contributed by atoms with Gasteiger partial charge >= 0.3 is 0 Å². The Morgan fingerprint density at radius 1 is 1.19 bits per heavy atom. The molecule has 0 aromatic heterocycles. The molecule has 3 rings (SSSR count). The number of β-amino-alcohol motifs (C(OH)–C–C–N with tert-alkyl or cyclic N) is 1. The van der Waals surface area contributed by atoms with Crippen LogP contribution in [0.1, 0.15) is 11.1 Å². The number of aliphatic hydroxyl groups is 5. The van der Waals surface area contributed by atoms with Crippen molar-refractivity contribution < 1.29 is 30.3 Å². The highest BCUT2D eigenvalue weighted by atomic mass is 16.4. The quantitative estimate of drug-likeness (QED) is 0.348. The number of nitrogens with zero attached hydrogens (tertiary/aromatic N) is 3. The summed E-state index contributed by atoms with van der Waals surface area (Å²) in [5.41, 5.74) is 2.87. The number of amidine groups is 1. The van der Waals surface area contributed by atoms with Crippen LogP contribution in [0, 0.1) is 13.8 Å². The van der Waals surface area contributed by atoms with Crippen molar-refractivity contribution >= 4 is 28.8 Å². The van der Waals surface area contributed by atoms with E-state index in [0.717, 1.165) is 11.1 Å². The third-order valence-electron chi connectivity index (χ3n) is 4.65. The predicted octanol–water partition coefficient (Wildman–Crippen LogP) is -1.92. The van der Waals surface area contributed by atoms with Gasteiger partial charge in [-0.1, -0.05) is 0 Å². The number of aliphatic imine (C=N–C) groups is 2. The van der Waals surface area contributed by atoms with E-state index in [0.29, 0.717) is 11.4 Å². The van der Waals surface area contributed by atoms with E-state index in [1.807, 2.05) is 13.8 Å². The van der Waals surface area contributed by atoms with Crippen LogP contribution in [0.3, 0.4) is 0 Å². The van der Waals surface area contributed by atoms with E-state index in [1.165, 1.54) is 4.90 Å². The van der Waals surface area contributed by atoms with Crippen molar-refractivity contribution in [1.82, 2.24) is 5.32 Å². The molecule has 0 aliphatic carbocycles. The van der Waals surface area contributed by atoms with E-state index in [-0.39, 0.29) is 18.1 Å². The van der Waals surface area contributed by atoms with Gasteiger partial charge in [0.25, 0.3) is 5.91 Å². The summed E-state index contributed by atoms with van der Waals surface area (Å²) in [6.07, 6.45) is -6.08. The van der Waals surface area contributed by atoms with Crippen LogP contribution in [0.15, 0.2) is 22.1 Å². The summed E-state index contributed by atoms with van der Waals surface area (Å²) < 4.78 is 0. The summed E-state index contributed by atoms with van der Waals surface area (Å²) in [5.74, 6) is -0.571. The summed E-state index contributed by atoms with van der Waals surface area (Å²) in [7, 11) is 0. The molecular weight excluding hydrogens is 356 g/mol. The van der Waals surface area contributed by atoms with Crippen molar-refractivity contribution in [2.45, 2.75) is 38.5 Å². The van der Waals surface area contributed by atoms with Crippen LogP contribution in [-0.4, -0.2) is 80.8 Å². The molecule has 146 valence electrons.